The van der Waals surface area contributed by atoms with Gasteiger partial charge in [0, 0.05) is 24.3 Å². The lowest BCUT2D eigenvalue weighted by Crippen LogP contribution is -2.32. The van der Waals surface area contributed by atoms with E-state index in [1.165, 1.54) is 24.3 Å². The number of rotatable bonds is 5. The van der Waals surface area contributed by atoms with E-state index in [0.29, 0.717) is 12.2 Å². The maximum absolute atomic E-state index is 13.7. The summed E-state index contributed by atoms with van der Waals surface area (Å²) >= 11 is 0. The van der Waals surface area contributed by atoms with Gasteiger partial charge in [0.15, 0.2) is 11.6 Å². The standard InChI is InChI=1S/C16H17F3N2/c1-2-21(12-6-3-5-11(17)9-12)10-15(20)13-7-4-8-14(18)16(13)19/h3-9,15H,2,10,20H2,1H3. The average Bonchev–Trinajstić information content (AvgIpc) is 2.47. The molecule has 2 aromatic rings. The maximum Gasteiger partial charge on any atom is 0.163 e. The molecule has 112 valence electrons. The smallest absolute Gasteiger partial charge is 0.163 e. The lowest BCUT2D eigenvalue weighted by molar-refractivity contribution is 0.487. The van der Waals surface area contributed by atoms with E-state index in [-0.39, 0.29) is 17.9 Å². The Hall–Kier alpha value is -2.01. The van der Waals surface area contributed by atoms with E-state index < -0.39 is 17.7 Å². The highest BCUT2D eigenvalue weighted by Gasteiger charge is 2.17. The van der Waals surface area contributed by atoms with Crippen LogP contribution in [0.5, 0.6) is 0 Å². The van der Waals surface area contributed by atoms with Crippen LogP contribution in [-0.4, -0.2) is 13.1 Å². The molecule has 0 heterocycles. The van der Waals surface area contributed by atoms with E-state index in [4.69, 9.17) is 5.73 Å². The van der Waals surface area contributed by atoms with E-state index >= 15 is 0 Å². The Kier molecular flexibility index (Phi) is 4.85. The molecule has 21 heavy (non-hydrogen) atoms. The zero-order valence-electron chi connectivity index (χ0n) is 11.7. The van der Waals surface area contributed by atoms with Gasteiger partial charge >= 0.3 is 0 Å². The molecule has 0 aliphatic heterocycles. The minimum Gasteiger partial charge on any atom is -0.370 e. The molecular formula is C16H17F3N2. The summed E-state index contributed by atoms with van der Waals surface area (Å²) < 4.78 is 40.3. The Labute approximate surface area is 122 Å². The summed E-state index contributed by atoms with van der Waals surface area (Å²) in [6.45, 7) is 2.73. The van der Waals surface area contributed by atoms with Crippen LogP contribution < -0.4 is 10.6 Å². The number of anilines is 1. The average molecular weight is 294 g/mol. The molecule has 0 aromatic heterocycles. The first-order valence-electron chi connectivity index (χ1n) is 6.73. The van der Waals surface area contributed by atoms with Gasteiger partial charge in [-0.05, 0) is 31.2 Å². The van der Waals surface area contributed by atoms with Crippen LogP contribution in [0.4, 0.5) is 18.9 Å². The van der Waals surface area contributed by atoms with Crippen LogP contribution in [0.15, 0.2) is 42.5 Å². The summed E-state index contributed by atoms with van der Waals surface area (Å²) in [6, 6.07) is 9.32. The van der Waals surface area contributed by atoms with Crippen molar-refractivity contribution in [1.29, 1.82) is 0 Å². The van der Waals surface area contributed by atoms with Gasteiger partial charge in [0.2, 0.25) is 0 Å². The molecule has 0 amide bonds. The second kappa shape index (κ2) is 6.63. The van der Waals surface area contributed by atoms with Gasteiger partial charge in [-0.2, -0.15) is 0 Å². The van der Waals surface area contributed by atoms with Crippen molar-refractivity contribution in [1.82, 2.24) is 0 Å². The van der Waals surface area contributed by atoms with E-state index in [2.05, 4.69) is 0 Å². The largest absolute Gasteiger partial charge is 0.370 e. The van der Waals surface area contributed by atoms with Crippen LogP contribution in [0.25, 0.3) is 0 Å². The monoisotopic (exact) mass is 294 g/mol. The number of hydrogen-bond acceptors (Lipinski definition) is 2. The van der Waals surface area contributed by atoms with Gasteiger partial charge < -0.3 is 10.6 Å². The molecule has 2 aromatic carbocycles. The molecule has 0 saturated carbocycles. The summed E-state index contributed by atoms with van der Waals surface area (Å²) in [6.07, 6.45) is 0. The minimum absolute atomic E-state index is 0.116. The predicted octanol–water partition coefficient (Wildman–Crippen LogP) is 3.63. The molecule has 2 rings (SSSR count). The third-order valence-electron chi connectivity index (χ3n) is 3.35. The van der Waals surface area contributed by atoms with E-state index in [1.54, 1.807) is 12.1 Å². The van der Waals surface area contributed by atoms with Crippen LogP contribution in [0.3, 0.4) is 0 Å². The van der Waals surface area contributed by atoms with Gasteiger partial charge in [-0.25, -0.2) is 13.2 Å². The van der Waals surface area contributed by atoms with E-state index in [9.17, 15) is 13.2 Å². The molecule has 0 spiro atoms. The highest BCUT2D eigenvalue weighted by molar-refractivity contribution is 5.47. The van der Waals surface area contributed by atoms with Crippen molar-refractivity contribution in [3.05, 3.63) is 65.5 Å². The fraction of sp³-hybridized carbons (Fsp3) is 0.250. The first-order valence-corrected chi connectivity index (χ1v) is 6.73. The molecule has 0 aliphatic rings. The molecule has 1 atom stereocenters. The number of nitrogens with two attached hydrogens (primary N) is 1. The second-order valence-electron chi connectivity index (χ2n) is 4.77. The lowest BCUT2D eigenvalue weighted by Gasteiger charge is -2.27. The van der Waals surface area contributed by atoms with Gasteiger partial charge in [0.25, 0.3) is 0 Å². The molecule has 5 heteroatoms. The number of halogens is 3. The molecule has 0 fully saturated rings. The number of likely N-dealkylation sites (N-methyl/N-ethyl adjacent to an activating group) is 1. The summed E-state index contributed by atoms with van der Waals surface area (Å²) in [5, 5.41) is 0. The third-order valence-corrected chi connectivity index (χ3v) is 3.35. The van der Waals surface area contributed by atoms with Crippen LogP contribution in [-0.2, 0) is 0 Å². The molecule has 1 unspecified atom stereocenters. The molecule has 0 radical (unpaired) electrons. The molecule has 2 N–H and O–H groups in total. The fourth-order valence-electron chi connectivity index (χ4n) is 2.23. The van der Waals surface area contributed by atoms with Gasteiger partial charge in [0.05, 0.1) is 6.04 Å². The van der Waals surface area contributed by atoms with Crippen molar-refractivity contribution < 1.29 is 13.2 Å². The topological polar surface area (TPSA) is 29.3 Å². The van der Waals surface area contributed by atoms with Crippen molar-refractivity contribution >= 4 is 5.69 Å². The first kappa shape index (κ1) is 15.4. The summed E-state index contributed by atoms with van der Waals surface area (Å²) in [4.78, 5) is 1.82. The molecule has 0 bridgehead atoms. The molecule has 0 aliphatic carbocycles. The Balaban J connectivity index is 2.20. The zero-order chi connectivity index (χ0) is 15.4. The Morgan fingerprint density at radius 2 is 1.81 bits per heavy atom. The van der Waals surface area contributed by atoms with Crippen molar-refractivity contribution in [3.8, 4) is 0 Å². The van der Waals surface area contributed by atoms with Crippen molar-refractivity contribution in [2.24, 2.45) is 5.73 Å². The number of hydrogen-bond donors (Lipinski definition) is 1. The number of nitrogens with zero attached hydrogens (tertiary/aromatic N) is 1. The highest BCUT2D eigenvalue weighted by Crippen LogP contribution is 2.22. The third kappa shape index (κ3) is 3.55. The fourth-order valence-corrected chi connectivity index (χ4v) is 2.23. The van der Waals surface area contributed by atoms with Gasteiger partial charge in [-0.15, -0.1) is 0 Å². The van der Waals surface area contributed by atoms with Crippen LogP contribution >= 0.6 is 0 Å². The van der Waals surface area contributed by atoms with Crippen LogP contribution in [0.2, 0.25) is 0 Å². The van der Waals surface area contributed by atoms with Crippen LogP contribution in [0, 0.1) is 17.5 Å². The van der Waals surface area contributed by atoms with Crippen molar-refractivity contribution in [3.63, 3.8) is 0 Å². The molecule has 2 nitrogen and oxygen atoms in total. The summed E-state index contributed by atoms with van der Waals surface area (Å²) in [5.41, 5.74) is 6.75. The van der Waals surface area contributed by atoms with Crippen LogP contribution in [0.1, 0.15) is 18.5 Å². The van der Waals surface area contributed by atoms with Gasteiger partial charge in [-0.3, -0.25) is 0 Å². The summed E-state index contributed by atoms with van der Waals surface area (Å²) in [7, 11) is 0. The normalized spacial score (nSPS) is 12.2. The SMILES string of the molecule is CCN(CC(N)c1cccc(F)c1F)c1cccc(F)c1. The Bertz CT molecular complexity index is 616. The quantitative estimate of drug-likeness (QED) is 0.912. The van der Waals surface area contributed by atoms with Crippen molar-refractivity contribution in [2.75, 3.05) is 18.0 Å². The molecule has 0 saturated heterocycles. The molecular weight excluding hydrogens is 277 g/mol. The van der Waals surface area contributed by atoms with Gasteiger partial charge in [-0.1, -0.05) is 18.2 Å². The number of benzene rings is 2. The van der Waals surface area contributed by atoms with E-state index in [1.807, 2.05) is 11.8 Å². The van der Waals surface area contributed by atoms with Crippen molar-refractivity contribution in [2.45, 2.75) is 13.0 Å². The Morgan fingerprint density at radius 3 is 2.48 bits per heavy atom. The zero-order valence-corrected chi connectivity index (χ0v) is 11.7. The maximum atomic E-state index is 13.7. The van der Waals surface area contributed by atoms with Gasteiger partial charge in [0.1, 0.15) is 5.82 Å². The lowest BCUT2D eigenvalue weighted by atomic mass is 10.1. The van der Waals surface area contributed by atoms with E-state index in [0.717, 1.165) is 6.07 Å². The first-order chi connectivity index (χ1) is 10.0. The second-order valence-corrected chi connectivity index (χ2v) is 4.77. The minimum atomic E-state index is -0.930. The Morgan fingerprint density at radius 1 is 1.10 bits per heavy atom. The predicted molar refractivity (Wildman–Crippen MR) is 77.6 cm³/mol. The summed E-state index contributed by atoms with van der Waals surface area (Å²) in [5.74, 6) is -2.20. The highest BCUT2D eigenvalue weighted by atomic mass is 19.2.